The molecular formula is C15H34O5. The molecule has 0 amide bonds. The molecule has 0 rings (SSSR count). The average Bonchev–Trinajstić information content (AvgIpc) is 2.40. The van der Waals surface area contributed by atoms with Gasteiger partial charge in [-0.25, -0.2) is 0 Å². The number of aliphatic hydroxyl groups excluding tert-OH is 2. The van der Waals surface area contributed by atoms with Gasteiger partial charge in [0.1, 0.15) is 0 Å². The first-order chi connectivity index (χ1) is 9.45. The highest BCUT2D eigenvalue weighted by Gasteiger charge is 1.91. The summed E-state index contributed by atoms with van der Waals surface area (Å²) in [5.41, 5.74) is 0. The predicted octanol–water partition coefficient (Wildman–Crippen LogP) is 2.53. The summed E-state index contributed by atoms with van der Waals surface area (Å²) in [7, 11) is 0. The second-order valence-electron chi connectivity index (χ2n) is 4.21. The lowest BCUT2D eigenvalue weighted by Crippen LogP contribution is -2.03. The van der Waals surface area contributed by atoms with Crippen LogP contribution in [0.2, 0.25) is 0 Å². The number of hydrogen-bond acceptors (Lipinski definition) is 5. The zero-order valence-electron chi connectivity index (χ0n) is 13.9. The third-order valence-electron chi connectivity index (χ3n) is 1.98. The van der Waals surface area contributed by atoms with E-state index < -0.39 is 6.10 Å². The van der Waals surface area contributed by atoms with Crippen LogP contribution in [-0.4, -0.2) is 48.7 Å². The Morgan fingerprint density at radius 2 is 1.60 bits per heavy atom. The molecule has 0 heterocycles. The van der Waals surface area contributed by atoms with Crippen molar-refractivity contribution >= 4 is 5.97 Å². The molecular weight excluding hydrogens is 260 g/mol. The molecule has 20 heavy (non-hydrogen) atoms. The van der Waals surface area contributed by atoms with Crippen LogP contribution in [0.1, 0.15) is 60.3 Å². The number of aliphatic hydroxyl groups is 2. The average molecular weight is 294 g/mol. The van der Waals surface area contributed by atoms with Gasteiger partial charge in [-0.2, -0.15) is 0 Å². The van der Waals surface area contributed by atoms with E-state index >= 15 is 0 Å². The Hall–Kier alpha value is -0.650. The van der Waals surface area contributed by atoms with Gasteiger partial charge in [0.25, 0.3) is 0 Å². The van der Waals surface area contributed by atoms with Gasteiger partial charge in [0.05, 0.1) is 19.3 Å². The van der Waals surface area contributed by atoms with E-state index in [1.54, 1.807) is 0 Å². The van der Waals surface area contributed by atoms with Crippen LogP contribution in [0, 0.1) is 0 Å². The zero-order chi connectivity index (χ0) is 16.2. The molecule has 0 bridgehead atoms. The number of carbonyl (C=O) groups excluding carboxylic acids is 1. The molecule has 0 saturated carbocycles. The summed E-state index contributed by atoms with van der Waals surface area (Å²) in [6.45, 7) is 11.3. The molecule has 1 atom stereocenters. The Morgan fingerprint density at radius 3 is 1.85 bits per heavy atom. The molecule has 0 radical (unpaired) electrons. The first-order valence-electron chi connectivity index (χ1n) is 7.46. The van der Waals surface area contributed by atoms with E-state index in [1.807, 2.05) is 13.8 Å². The molecule has 0 aliphatic carbocycles. The minimum Gasteiger partial charge on any atom is -0.466 e. The maximum atomic E-state index is 10.3. The summed E-state index contributed by atoms with van der Waals surface area (Å²) < 4.78 is 9.58. The molecule has 1 unspecified atom stereocenters. The Labute approximate surface area is 124 Å². The van der Waals surface area contributed by atoms with Crippen LogP contribution in [-0.2, 0) is 14.3 Å². The van der Waals surface area contributed by atoms with Crippen molar-refractivity contribution in [3.8, 4) is 0 Å². The summed E-state index contributed by atoms with van der Waals surface area (Å²) in [4.78, 5) is 10.3. The van der Waals surface area contributed by atoms with Gasteiger partial charge in [0.15, 0.2) is 0 Å². The molecule has 124 valence electrons. The van der Waals surface area contributed by atoms with Crippen molar-refractivity contribution in [1.82, 2.24) is 0 Å². The van der Waals surface area contributed by atoms with E-state index in [9.17, 15) is 4.79 Å². The normalized spacial score (nSPS) is 10.6. The number of rotatable bonds is 8. The third-order valence-corrected chi connectivity index (χ3v) is 1.98. The number of esters is 1. The highest BCUT2D eigenvalue weighted by molar-refractivity contribution is 5.65. The Kier molecular flexibility index (Phi) is 28.6. The van der Waals surface area contributed by atoms with E-state index in [0.717, 1.165) is 19.6 Å². The molecule has 5 heteroatoms. The van der Waals surface area contributed by atoms with Crippen molar-refractivity contribution < 1.29 is 24.5 Å². The van der Waals surface area contributed by atoms with Crippen LogP contribution in [0.25, 0.3) is 0 Å². The molecule has 2 N–H and O–H groups in total. The van der Waals surface area contributed by atoms with Crippen LogP contribution in [0.4, 0.5) is 0 Å². The highest BCUT2D eigenvalue weighted by Crippen LogP contribution is 1.98. The van der Waals surface area contributed by atoms with Gasteiger partial charge in [-0.15, -0.1) is 0 Å². The van der Waals surface area contributed by atoms with E-state index in [4.69, 9.17) is 19.7 Å². The smallest absolute Gasteiger partial charge is 0.302 e. The van der Waals surface area contributed by atoms with Crippen LogP contribution in [0.3, 0.4) is 0 Å². The maximum absolute atomic E-state index is 10.3. The van der Waals surface area contributed by atoms with Crippen LogP contribution >= 0.6 is 0 Å². The van der Waals surface area contributed by atoms with Crippen molar-refractivity contribution in [2.75, 3.05) is 26.4 Å². The minimum atomic E-state index is -0.560. The van der Waals surface area contributed by atoms with Crippen molar-refractivity contribution in [2.45, 2.75) is 66.4 Å². The zero-order valence-corrected chi connectivity index (χ0v) is 13.9. The van der Waals surface area contributed by atoms with E-state index in [1.165, 1.54) is 33.1 Å². The van der Waals surface area contributed by atoms with Gasteiger partial charge in [-0.3, -0.25) is 4.79 Å². The first kappa shape index (κ1) is 24.4. The standard InChI is InChI=1S/C8H16O2.C4H10O.C3H8O2/c1-3-4-5-6-7-10-8(2)9;1-3-5-4-2;1-3(5)2-4/h3-7H2,1-2H3;3-4H2,1-2H3;3-5H,2H2,1H3. The van der Waals surface area contributed by atoms with Crippen LogP contribution in [0.5, 0.6) is 0 Å². The predicted molar refractivity (Wildman–Crippen MR) is 81.7 cm³/mol. The molecule has 5 nitrogen and oxygen atoms in total. The fourth-order valence-electron chi connectivity index (χ4n) is 0.949. The van der Waals surface area contributed by atoms with Gasteiger partial charge in [0.2, 0.25) is 0 Å². The Bertz CT molecular complexity index is 170. The van der Waals surface area contributed by atoms with E-state index in [2.05, 4.69) is 6.92 Å². The lowest BCUT2D eigenvalue weighted by Gasteiger charge is -1.99. The molecule has 0 aromatic rings. The fraction of sp³-hybridized carbons (Fsp3) is 0.933. The van der Waals surface area contributed by atoms with Gasteiger partial charge in [0, 0.05) is 20.1 Å². The van der Waals surface area contributed by atoms with Crippen molar-refractivity contribution in [1.29, 1.82) is 0 Å². The summed E-state index contributed by atoms with van der Waals surface area (Å²) in [5.74, 6) is -0.170. The van der Waals surface area contributed by atoms with E-state index in [-0.39, 0.29) is 12.6 Å². The maximum Gasteiger partial charge on any atom is 0.302 e. The molecule has 0 aliphatic rings. The number of unbranched alkanes of at least 4 members (excludes halogenated alkanes) is 3. The summed E-state index contributed by atoms with van der Waals surface area (Å²) >= 11 is 0. The molecule has 0 aromatic carbocycles. The third kappa shape index (κ3) is 43.3. The summed E-state index contributed by atoms with van der Waals surface area (Å²) in [6.07, 6.45) is 4.08. The van der Waals surface area contributed by atoms with Crippen LogP contribution < -0.4 is 0 Å². The van der Waals surface area contributed by atoms with Crippen molar-refractivity contribution in [2.24, 2.45) is 0 Å². The lowest BCUT2D eigenvalue weighted by molar-refractivity contribution is -0.141. The van der Waals surface area contributed by atoms with Gasteiger partial charge in [-0.05, 0) is 27.2 Å². The molecule has 0 fully saturated rings. The second kappa shape index (κ2) is 23.4. The van der Waals surface area contributed by atoms with E-state index in [0.29, 0.717) is 6.61 Å². The molecule has 0 saturated heterocycles. The van der Waals surface area contributed by atoms with Gasteiger partial charge >= 0.3 is 5.97 Å². The SMILES string of the molecule is CC(O)CO.CCCCCCOC(C)=O.CCOCC. The minimum absolute atomic E-state index is 0.139. The monoisotopic (exact) mass is 294 g/mol. The molecule has 0 aliphatic heterocycles. The van der Waals surface area contributed by atoms with Crippen LogP contribution in [0.15, 0.2) is 0 Å². The summed E-state index contributed by atoms with van der Waals surface area (Å²) in [6, 6.07) is 0. The first-order valence-corrected chi connectivity index (χ1v) is 7.46. The van der Waals surface area contributed by atoms with Crippen molar-refractivity contribution in [3.05, 3.63) is 0 Å². The van der Waals surface area contributed by atoms with Crippen molar-refractivity contribution in [3.63, 3.8) is 0 Å². The van der Waals surface area contributed by atoms with Gasteiger partial charge in [-0.1, -0.05) is 26.2 Å². The number of ether oxygens (including phenoxy) is 2. The highest BCUT2D eigenvalue weighted by atomic mass is 16.5. The quantitative estimate of drug-likeness (QED) is 0.531. The largest absolute Gasteiger partial charge is 0.466 e. The second-order valence-corrected chi connectivity index (χ2v) is 4.21. The lowest BCUT2D eigenvalue weighted by atomic mass is 10.2. The Balaban J connectivity index is -0.000000244. The number of hydrogen-bond donors (Lipinski definition) is 2. The summed E-state index contributed by atoms with van der Waals surface area (Å²) in [5, 5.41) is 16.0. The topological polar surface area (TPSA) is 76.0 Å². The molecule has 0 spiro atoms. The molecule has 0 aromatic heterocycles. The Morgan fingerprint density at radius 1 is 1.10 bits per heavy atom. The fourth-order valence-corrected chi connectivity index (χ4v) is 0.949. The van der Waals surface area contributed by atoms with Gasteiger partial charge < -0.3 is 19.7 Å². The number of carbonyl (C=O) groups is 1.